The summed E-state index contributed by atoms with van der Waals surface area (Å²) in [6.45, 7) is 6.78. The highest BCUT2D eigenvalue weighted by Gasteiger charge is 2.38. The van der Waals surface area contributed by atoms with Crippen LogP contribution in [0.1, 0.15) is 36.4 Å². The van der Waals surface area contributed by atoms with E-state index in [1.54, 1.807) is 0 Å². The molecule has 0 unspecified atom stereocenters. The first-order chi connectivity index (χ1) is 10.9. The van der Waals surface area contributed by atoms with Gasteiger partial charge in [-0.15, -0.1) is 11.3 Å². The first-order valence-corrected chi connectivity index (χ1v) is 9.50. The van der Waals surface area contributed by atoms with Crippen LogP contribution in [0.2, 0.25) is 0 Å². The fourth-order valence-corrected chi connectivity index (χ4v) is 4.67. The van der Waals surface area contributed by atoms with Crippen LogP contribution in [0.4, 0.5) is 4.79 Å². The summed E-state index contributed by atoms with van der Waals surface area (Å²) in [5.41, 5.74) is -0.0112. The largest absolute Gasteiger partial charge is 0.449 e. The molecular weight excluding hydrogens is 380 g/mol. The zero-order chi connectivity index (χ0) is 16.6. The number of likely N-dealkylation sites (tertiary alicyclic amines) is 1. The Bertz CT molecular complexity index is 608. The molecule has 23 heavy (non-hydrogen) atoms. The fraction of sp³-hybridized carbons (Fsp3) is 0.625. The molecule has 2 aliphatic heterocycles. The minimum atomic E-state index is -0.213. The van der Waals surface area contributed by atoms with Crippen LogP contribution in [-0.4, -0.2) is 54.1 Å². The molecule has 2 aliphatic rings. The van der Waals surface area contributed by atoms with E-state index < -0.39 is 0 Å². The van der Waals surface area contributed by atoms with Crippen LogP contribution in [0.3, 0.4) is 0 Å². The zero-order valence-electron chi connectivity index (χ0n) is 13.4. The maximum absolute atomic E-state index is 12.5. The number of thiophene rings is 1. The van der Waals surface area contributed by atoms with E-state index in [1.807, 2.05) is 21.2 Å². The van der Waals surface area contributed by atoms with Gasteiger partial charge in [0.25, 0.3) is 5.91 Å². The summed E-state index contributed by atoms with van der Waals surface area (Å²) in [5.74, 6) is 0.0758. The molecule has 2 amide bonds. The quantitative estimate of drug-likeness (QED) is 0.761. The third-order valence-electron chi connectivity index (χ3n) is 4.42. The second-order valence-corrected chi connectivity index (χ2v) is 8.74. The maximum Gasteiger partial charge on any atom is 0.410 e. The topological polar surface area (TPSA) is 49.9 Å². The van der Waals surface area contributed by atoms with Gasteiger partial charge in [0.1, 0.15) is 4.88 Å². The number of carbonyl (C=O) groups excluding carboxylic acids is 2. The number of halogens is 1. The van der Waals surface area contributed by atoms with Crippen LogP contribution < -0.4 is 0 Å². The van der Waals surface area contributed by atoms with E-state index in [2.05, 4.69) is 29.8 Å². The number of rotatable bonds is 2. The van der Waals surface area contributed by atoms with Gasteiger partial charge in [-0.3, -0.25) is 4.79 Å². The molecule has 0 aromatic carbocycles. The van der Waals surface area contributed by atoms with Gasteiger partial charge in [-0.1, -0.05) is 13.8 Å². The number of carbonyl (C=O) groups is 2. The van der Waals surface area contributed by atoms with Gasteiger partial charge in [0, 0.05) is 35.6 Å². The Morgan fingerprint density at radius 1 is 1.39 bits per heavy atom. The fourth-order valence-electron chi connectivity index (χ4n) is 3.16. The van der Waals surface area contributed by atoms with Crippen LogP contribution in [0.25, 0.3) is 0 Å². The summed E-state index contributed by atoms with van der Waals surface area (Å²) in [4.78, 5) is 29.1. The van der Waals surface area contributed by atoms with Gasteiger partial charge in [0.2, 0.25) is 0 Å². The molecular formula is C16H21BrN2O3S. The van der Waals surface area contributed by atoms with Crippen molar-refractivity contribution in [1.82, 2.24) is 9.80 Å². The molecule has 1 aromatic rings. The molecule has 7 heteroatoms. The highest BCUT2D eigenvalue weighted by Crippen LogP contribution is 2.30. The van der Waals surface area contributed by atoms with Gasteiger partial charge in [-0.2, -0.15) is 0 Å². The molecule has 126 valence electrons. The van der Waals surface area contributed by atoms with Gasteiger partial charge < -0.3 is 14.5 Å². The lowest BCUT2D eigenvalue weighted by Crippen LogP contribution is -2.55. The van der Waals surface area contributed by atoms with E-state index in [9.17, 15) is 9.59 Å². The molecule has 1 aromatic heterocycles. The molecule has 0 spiro atoms. The molecule has 0 bridgehead atoms. The van der Waals surface area contributed by atoms with Crippen LogP contribution >= 0.6 is 27.3 Å². The van der Waals surface area contributed by atoms with Crippen molar-refractivity contribution >= 4 is 39.3 Å². The summed E-state index contributed by atoms with van der Waals surface area (Å²) < 4.78 is 6.17. The van der Waals surface area contributed by atoms with Gasteiger partial charge >= 0.3 is 6.09 Å². The number of hydrogen-bond donors (Lipinski definition) is 0. The van der Waals surface area contributed by atoms with E-state index in [0.29, 0.717) is 19.7 Å². The Morgan fingerprint density at radius 2 is 2.09 bits per heavy atom. The molecule has 0 N–H and O–H groups in total. The van der Waals surface area contributed by atoms with Gasteiger partial charge in [0.05, 0.1) is 6.61 Å². The Morgan fingerprint density at radius 3 is 2.70 bits per heavy atom. The van der Waals surface area contributed by atoms with Crippen molar-refractivity contribution in [3.8, 4) is 0 Å². The van der Waals surface area contributed by atoms with Crippen molar-refractivity contribution in [3.63, 3.8) is 0 Å². The highest BCUT2D eigenvalue weighted by molar-refractivity contribution is 9.10. The molecule has 0 atom stereocenters. The van der Waals surface area contributed by atoms with Crippen molar-refractivity contribution in [1.29, 1.82) is 0 Å². The van der Waals surface area contributed by atoms with Gasteiger partial charge in [-0.05, 0) is 40.2 Å². The first kappa shape index (κ1) is 16.8. The van der Waals surface area contributed by atoms with Crippen LogP contribution in [-0.2, 0) is 4.74 Å². The van der Waals surface area contributed by atoms with E-state index >= 15 is 0 Å². The minimum Gasteiger partial charge on any atom is -0.449 e. The van der Waals surface area contributed by atoms with Crippen molar-refractivity contribution in [2.75, 3.05) is 26.2 Å². The standard InChI is InChI=1S/C16H21BrN2O3S/c1-16(2)9-19(15(21)22-10-16)11-3-6-18(7-4-11)14(20)13-12(17)5-8-23-13/h5,8,11H,3-4,6-7,9-10H2,1-2H3. The van der Waals surface area contributed by atoms with Gasteiger partial charge in [-0.25, -0.2) is 4.79 Å². The maximum atomic E-state index is 12.5. The third kappa shape index (κ3) is 3.55. The van der Waals surface area contributed by atoms with Gasteiger partial charge in [0.15, 0.2) is 0 Å². The number of ether oxygens (including phenoxy) is 1. The third-order valence-corrected chi connectivity index (χ3v) is 6.25. The van der Waals surface area contributed by atoms with Crippen molar-refractivity contribution in [3.05, 3.63) is 20.8 Å². The summed E-state index contributed by atoms with van der Waals surface area (Å²) in [6, 6.07) is 2.06. The molecule has 3 rings (SSSR count). The number of piperidine rings is 1. The number of hydrogen-bond acceptors (Lipinski definition) is 4. The smallest absolute Gasteiger partial charge is 0.410 e. The Hall–Kier alpha value is -1.08. The molecule has 2 fully saturated rings. The lowest BCUT2D eigenvalue weighted by Gasteiger charge is -2.44. The molecule has 0 radical (unpaired) electrons. The predicted octanol–water partition coefficient (Wildman–Crippen LogP) is 3.59. The number of cyclic esters (lactones) is 1. The van der Waals surface area contributed by atoms with E-state index in [1.165, 1.54) is 11.3 Å². The second-order valence-electron chi connectivity index (χ2n) is 6.97. The molecule has 0 saturated carbocycles. The average Bonchev–Trinajstić information content (AvgIpc) is 2.95. The van der Waals surface area contributed by atoms with Crippen molar-refractivity contribution in [2.24, 2.45) is 5.41 Å². The average molecular weight is 401 g/mol. The molecule has 0 aliphatic carbocycles. The normalized spacial score (nSPS) is 22.1. The van der Waals surface area contributed by atoms with Crippen LogP contribution in [0.15, 0.2) is 15.9 Å². The molecule has 2 saturated heterocycles. The summed E-state index contributed by atoms with van der Waals surface area (Å²) in [7, 11) is 0. The van der Waals surface area contributed by atoms with E-state index in [0.717, 1.165) is 28.7 Å². The SMILES string of the molecule is CC1(C)COC(=O)N(C2CCN(C(=O)c3sccc3Br)CC2)C1. The molecule has 5 nitrogen and oxygen atoms in total. The number of amides is 2. The summed E-state index contributed by atoms with van der Waals surface area (Å²) in [5, 5.41) is 1.91. The van der Waals surface area contributed by atoms with Crippen molar-refractivity contribution < 1.29 is 14.3 Å². The lowest BCUT2D eigenvalue weighted by atomic mass is 9.91. The van der Waals surface area contributed by atoms with E-state index in [4.69, 9.17) is 4.74 Å². The van der Waals surface area contributed by atoms with E-state index in [-0.39, 0.29) is 23.5 Å². The zero-order valence-corrected chi connectivity index (χ0v) is 15.8. The summed E-state index contributed by atoms with van der Waals surface area (Å²) in [6.07, 6.45) is 1.40. The van der Waals surface area contributed by atoms with Crippen LogP contribution in [0.5, 0.6) is 0 Å². The highest BCUT2D eigenvalue weighted by atomic mass is 79.9. The Balaban J connectivity index is 1.61. The summed E-state index contributed by atoms with van der Waals surface area (Å²) >= 11 is 4.88. The Labute approximate surface area is 148 Å². The monoisotopic (exact) mass is 400 g/mol. The predicted molar refractivity (Wildman–Crippen MR) is 92.8 cm³/mol. The first-order valence-electron chi connectivity index (χ1n) is 7.83. The molecule has 3 heterocycles. The lowest BCUT2D eigenvalue weighted by molar-refractivity contribution is -0.0153. The van der Waals surface area contributed by atoms with Crippen molar-refractivity contribution in [2.45, 2.75) is 32.7 Å². The van der Waals surface area contributed by atoms with Crippen LogP contribution in [0, 0.1) is 5.41 Å². The Kier molecular flexibility index (Phi) is 4.69. The second kappa shape index (κ2) is 6.43. The number of nitrogens with zero attached hydrogens (tertiary/aromatic N) is 2. The minimum absolute atomic E-state index is 0.0112.